The summed E-state index contributed by atoms with van der Waals surface area (Å²) in [4.78, 5) is 22.1. The van der Waals surface area contributed by atoms with Gasteiger partial charge < -0.3 is 15.8 Å². The third kappa shape index (κ3) is 7.21. The van der Waals surface area contributed by atoms with Gasteiger partial charge in [-0.05, 0) is 18.7 Å². The molecule has 0 heterocycles. The summed E-state index contributed by atoms with van der Waals surface area (Å²) in [5.74, 6) is 0.755. The van der Waals surface area contributed by atoms with Crippen molar-refractivity contribution in [2.45, 2.75) is 19.4 Å². The highest BCUT2D eigenvalue weighted by Gasteiger charge is 2.19. The van der Waals surface area contributed by atoms with E-state index in [2.05, 4.69) is 10.1 Å². The maximum absolute atomic E-state index is 11.2. The molecule has 0 aromatic carbocycles. The lowest BCUT2D eigenvalue weighted by molar-refractivity contribution is -0.144. The Labute approximate surface area is 94.1 Å². The Morgan fingerprint density at radius 1 is 1.53 bits per heavy atom. The number of thioether (sulfide) groups is 1. The first-order valence-electron chi connectivity index (χ1n) is 4.74. The van der Waals surface area contributed by atoms with E-state index < -0.39 is 12.0 Å². The highest BCUT2D eigenvalue weighted by Crippen LogP contribution is 2.05. The molecule has 0 rings (SSSR count). The van der Waals surface area contributed by atoms with E-state index in [1.54, 1.807) is 11.8 Å². The fourth-order valence-corrected chi connectivity index (χ4v) is 1.94. The number of amides is 1. The SMILES string of the molecule is COC(=O)C(CSCCCN)NC(C)=O. The van der Waals surface area contributed by atoms with Gasteiger partial charge in [0.15, 0.2) is 0 Å². The lowest BCUT2D eigenvalue weighted by Crippen LogP contribution is -2.42. The van der Waals surface area contributed by atoms with Crippen molar-refractivity contribution in [3.63, 3.8) is 0 Å². The second kappa shape index (κ2) is 8.55. The summed E-state index contributed by atoms with van der Waals surface area (Å²) >= 11 is 1.58. The molecule has 0 radical (unpaired) electrons. The van der Waals surface area contributed by atoms with Gasteiger partial charge >= 0.3 is 5.97 Å². The van der Waals surface area contributed by atoms with E-state index in [-0.39, 0.29) is 5.91 Å². The minimum absolute atomic E-state index is 0.232. The summed E-state index contributed by atoms with van der Waals surface area (Å²) < 4.78 is 4.58. The zero-order valence-electron chi connectivity index (χ0n) is 9.12. The van der Waals surface area contributed by atoms with Crippen molar-refractivity contribution in [3.8, 4) is 0 Å². The van der Waals surface area contributed by atoms with Crippen LogP contribution in [0.15, 0.2) is 0 Å². The first kappa shape index (κ1) is 14.2. The number of hydrogen-bond donors (Lipinski definition) is 2. The van der Waals surface area contributed by atoms with Gasteiger partial charge in [0.2, 0.25) is 5.91 Å². The van der Waals surface area contributed by atoms with E-state index in [1.807, 2.05) is 0 Å². The van der Waals surface area contributed by atoms with E-state index in [1.165, 1.54) is 14.0 Å². The molecule has 0 saturated heterocycles. The number of nitrogens with one attached hydrogen (secondary N) is 1. The van der Waals surface area contributed by atoms with E-state index in [0.29, 0.717) is 12.3 Å². The van der Waals surface area contributed by atoms with Crippen LogP contribution in [-0.2, 0) is 14.3 Å². The molecule has 0 spiro atoms. The first-order chi connectivity index (χ1) is 7.11. The molecule has 1 unspecified atom stereocenters. The molecule has 0 aliphatic carbocycles. The van der Waals surface area contributed by atoms with Crippen LogP contribution in [0.2, 0.25) is 0 Å². The van der Waals surface area contributed by atoms with Gasteiger partial charge in [0, 0.05) is 12.7 Å². The fraction of sp³-hybridized carbons (Fsp3) is 0.778. The van der Waals surface area contributed by atoms with Crippen molar-refractivity contribution in [3.05, 3.63) is 0 Å². The molecule has 0 fully saturated rings. The zero-order valence-corrected chi connectivity index (χ0v) is 9.93. The highest BCUT2D eigenvalue weighted by atomic mass is 32.2. The largest absolute Gasteiger partial charge is 0.467 e. The van der Waals surface area contributed by atoms with Crippen LogP contribution in [0.3, 0.4) is 0 Å². The van der Waals surface area contributed by atoms with Crippen LogP contribution in [0.5, 0.6) is 0 Å². The molecule has 0 aliphatic rings. The maximum atomic E-state index is 11.2. The molecule has 3 N–H and O–H groups in total. The van der Waals surface area contributed by atoms with Crippen molar-refractivity contribution >= 4 is 23.6 Å². The van der Waals surface area contributed by atoms with Crippen molar-refractivity contribution in [2.24, 2.45) is 5.73 Å². The number of hydrogen-bond acceptors (Lipinski definition) is 5. The Balaban J connectivity index is 3.90. The average molecular weight is 234 g/mol. The van der Waals surface area contributed by atoms with Gasteiger partial charge in [0.25, 0.3) is 0 Å². The van der Waals surface area contributed by atoms with Crippen LogP contribution in [0.1, 0.15) is 13.3 Å². The molecule has 0 aliphatic heterocycles. The second-order valence-corrected chi connectivity index (χ2v) is 4.14. The Kier molecular flexibility index (Phi) is 8.12. The molecule has 15 heavy (non-hydrogen) atoms. The van der Waals surface area contributed by atoms with E-state index >= 15 is 0 Å². The van der Waals surface area contributed by atoms with Crippen molar-refractivity contribution in [1.29, 1.82) is 0 Å². The van der Waals surface area contributed by atoms with Gasteiger partial charge in [-0.15, -0.1) is 0 Å². The van der Waals surface area contributed by atoms with Crippen molar-refractivity contribution < 1.29 is 14.3 Å². The van der Waals surface area contributed by atoms with Crippen molar-refractivity contribution in [2.75, 3.05) is 25.2 Å². The summed E-state index contributed by atoms with van der Waals surface area (Å²) in [5, 5.41) is 2.54. The minimum Gasteiger partial charge on any atom is -0.467 e. The Morgan fingerprint density at radius 2 is 2.20 bits per heavy atom. The van der Waals surface area contributed by atoms with Crippen LogP contribution < -0.4 is 11.1 Å². The van der Waals surface area contributed by atoms with Crippen LogP contribution in [-0.4, -0.2) is 43.1 Å². The third-order valence-corrected chi connectivity index (χ3v) is 2.79. The molecular formula is C9H18N2O3S. The maximum Gasteiger partial charge on any atom is 0.329 e. The van der Waals surface area contributed by atoms with Gasteiger partial charge in [-0.25, -0.2) is 4.79 Å². The van der Waals surface area contributed by atoms with E-state index in [9.17, 15) is 9.59 Å². The zero-order chi connectivity index (χ0) is 11.7. The van der Waals surface area contributed by atoms with Crippen molar-refractivity contribution in [1.82, 2.24) is 5.32 Å². The van der Waals surface area contributed by atoms with Gasteiger partial charge in [-0.1, -0.05) is 0 Å². The monoisotopic (exact) mass is 234 g/mol. The molecule has 0 aromatic rings. The lowest BCUT2D eigenvalue weighted by atomic mass is 10.3. The second-order valence-electron chi connectivity index (χ2n) is 2.99. The topological polar surface area (TPSA) is 81.4 Å². The smallest absolute Gasteiger partial charge is 0.329 e. The first-order valence-corrected chi connectivity index (χ1v) is 5.90. The number of carbonyl (C=O) groups excluding carboxylic acids is 2. The molecule has 1 amide bonds. The van der Waals surface area contributed by atoms with Crippen LogP contribution in [0.4, 0.5) is 0 Å². The molecule has 0 aromatic heterocycles. The van der Waals surface area contributed by atoms with Gasteiger partial charge in [0.1, 0.15) is 6.04 Å². The normalized spacial score (nSPS) is 11.9. The summed E-state index contributed by atoms with van der Waals surface area (Å²) in [5.41, 5.74) is 5.34. The molecule has 5 nitrogen and oxygen atoms in total. The number of carbonyl (C=O) groups is 2. The number of nitrogens with two attached hydrogens (primary N) is 1. The van der Waals surface area contributed by atoms with Crippen LogP contribution >= 0.6 is 11.8 Å². The predicted molar refractivity (Wildman–Crippen MR) is 60.6 cm³/mol. The van der Waals surface area contributed by atoms with E-state index in [0.717, 1.165) is 12.2 Å². The molecule has 6 heteroatoms. The number of esters is 1. The average Bonchev–Trinajstić information content (AvgIpc) is 2.21. The van der Waals surface area contributed by atoms with Crippen LogP contribution in [0.25, 0.3) is 0 Å². The van der Waals surface area contributed by atoms with Gasteiger partial charge in [0.05, 0.1) is 7.11 Å². The lowest BCUT2D eigenvalue weighted by Gasteiger charge is -2.14. The molecular weight excluding hydrogens is 216 g/mol. The Hall–Kier alpha value is -0.750. The van der Waals surface area contributed by atoms with E-state index in [4.69, 9.17) is 5.73 Å². The summed E-state index contributed by atoms with van der Waals surface area (Å²) in [6, 6.07) is -0.560. The summed E-state index contributed by atoms with van der Waals surface area (Å²) in [7, 11) is 1.31. The molecule has 0 bridgehead atoms. The molecule has 88 valence electrons. The predicted octanol–water partition coefficient (Wildman–Crippen LogP) is -0.254. The summed E-state index contributed by atoms with van der Waals surface area (Å²) in [6.45, 7) is 2.01. The third-order valence-electron chi connectivity index (χ3n) is 1.64. The fourth-order valence-electron chi connectivity index (χ4n) is 0.943. The van der Waals surface area contributed by atoms with Gasteiger partial charge in [-0.3, -0.25) is 4.79 Å². The number of methoxy groups -OCH3 is 1. The molecule has 0 saturated carbocycles. The standard InChI is InChI=1S/C9H18N2O3S/c1-7(12)11-8(9(13)14-2)6-15-5-3-4-10/h8H,3-6,10H2,1-2H3,(H,11,12). The molecule has 1 atom stereocenters. The summed E-state index contributed by atoms with van der Waals surface area (Å²) in [6.07, 6.45) is 0.901. The minimum atomic E-state index is -0.560. The number of rotatable bonds is 7. The Morgan fingerprint density at radius 3 is 2.67 bits per heavy atom. The quantitative estimate of drug-likeness (QED) is 0.469. The van der Waals surface area contributed by atoms with Crippen LogP contribution in [0, 0.1) is 0 Å². The Bertz CT molecular complexity index is 212. The van der Waals surface area contributed by atoms with Gasteiger partial charge in [-0.2, -0.15) is 11.8 Å². The highest BCUT2D eigenvalue weighted by molar-refractivity contribution is 7.99. The number of ether oxygens (including phenoxy) is 1.